The van der Waals surface area contributed by atoms with Crippen LogP contribution >= 0.6 is 15.9 Å². The number of nitriles is 1. The molecule has 1 N–H and O–H groups in total. The summed E-state index contributed by atoms with van der Waals surface area (Å²) in [6.07, 6.45) is 0. The summed E-state index contributed by atoms with van der Waals surface area (Å²) in [5, 5.41) is 11.7. The van der Waals surface area contributed by atoms with Crippen LogP contribution in [0.25, 0.3) is 0 Å². The van der Waals surface area contributed by atoms with Gasteiger partial charge in [0.2, 0.25) is 0 Å². The smallest absolute Gasteiger partial charge is 0.255 e. The van der Waals surface area contributed by atoms with Gasteiger partial charge in [-0.25, -0.2) is 0 Å². The van der Waals surface area contributed by atoms with Gasteiger partial charge in [-0.2, -0.15) is 5.26 Å². The molecule has 94 valence electrons. The number of carbonyl (C=O) groups excluding carboxylic acids is 1. The van der Waals surface area contributed by atoms with E-state index in [-0.39, 0.29) is 5.91 Å². The first-order chi connectivity index (χ1) is 9.10. The lowest BCUT2D eigenvalue weighted by Gasteiger charge is -2.08. The predicted octanol–water partition coefficient (Wildman–Crippen LogP) is 3.88. The molecule has 0 aliphatic rings. The van der Waals surface area contributed by atoms with Crippen molar-refractivity contribution < 1.29 is 4.79 Å². The quantitative estimate of drug-likeness (QED) is 0.914. The topological polar surface area (TPSA) is 52.9 Å². The molecule has 0 unspecified atom stereocenters. The third kappa shape index (κ3) is 3.21. The fourth-order valence-corrected chi connectivity index (χ4v) is 2.17. The second-order valence-corrected chi connectivity index (χ2v) is 5.02. The maximum absolute atomic E-state index is 12.1. The van der Waals surface area contributed by atoms with Crippen LogP contribution in [0.4, 0.5) is 5.69 Å². The number of rotatable bonds is 2. The molecule has 0 aromatic heterocycles. The summed E-state index contributed by atoms with van der Waals surface area (Å²) >= 11 is 3.38. The minimum Gasteiger partial charge on any atom is -0.322 e. The number of nitrogens with zero attached hydrogens (tertiary/aromatic N) is 1. The highest BCUT2D eigenvalue weighted by molar-refractivity contribution is 9.10. The molecule has 2 aromatic carbocycles. The van der Waals surface area contributed by atoms with Crippen LogP contribution in [0, 0.1) is 18.3 Å². The van der Waals surface area contributed by atoms with Crippen LogP contribution in [0.1, 0.15) is 21.5 Å². The predicted molar refractivity (Wildman–Crippen MR) is 78.0 cm³/mol. The van der Waals surface area contributed by atoms with E-state index in [1.54, 1.807) is 24.3 Å². The number of benzene rings is 2. The number of hydrogen-bond acceptors (Lipinski definition) is 2. The minimum absolute atomic E-state index is 0.220. The van der Waals surface area contributed by atoms with Crippen molar-refractivity contribution in [1.29, 1.82) is 5.26 Å². The van der Waals surface area contributed by atoms with E-state index in [2.05, 4.69) is 21.2 Å². The van der Waals surface area contributed by atoms with Gasteiger partial charge < -0.3 is 5.32 Å². The first-order valence-corrected chi connectivity index (χ1v) is 6.47. The van der Waals surface area contributed by atoms with E-state index in [1.165, 1.54) is 0 Å². The fourth-order valence-electron chi connectivity index (χ4n) is 1.69. The average Bonchev–Trinajstić information content (AvgIpc) is 2.42. The zero-order valence-corrected chi connectivity index (χ0v) is 11.9. The maximum Gasteiger partial charge on any atom is 0.255 e. The maximum atomic E-state index is 12.1. The summed E-state index contributed by atoms with van der Waals surface area (Å²) in [4.78, 5) is 12.1. The largest absolute Gasteiger partial charge is 0.322 e. The summed E-state index contributed by atoms with van der Waals surface area (Å²) in [6, 6.07) is 14.3. The van der Waals surface area contributed by atoms with E-state index in [4.69, 9.17) is 5.26 Å². The molecule has 0 saturated heterocycles. The van der Waals surface area contributed by atoms with Gasteiger partial charge >= 0.3 is 0 Å². The molecule has 19 heavy (non-hydrogen) atoms. The van der Waals surface area contributed by atoms with Crippen LogP contribution < -0.4 is 5.32 Å². The van der Waals surface area contributed by atoms with Gasteiger partial charge in [0.05, 0.1) is 11.6 Å². The van der Waals surface area contributed by atoms with Crippen molar-refractivity contribution in [2.45, 2.75) is 6.92 Å². The Morgan fingerprint density at radius 3 is 2.74 bits per heavy atom. The van der Waals surface area contributed by atoms with Gasteiger partial charge in [0.15, 0.2) is 0 Å². The molecule has 0 saturated carbocycles. The molecule has 0 heterocycles. The Kier molecular flexibility index (Phi) is 3.98. The first kappa shape index (κ1) is 13.3. The number of hydrogen-bond donors (Lipinski definition) is 1. The standard InChI is InChI=1S/C15H11BrN2O/c1-10-7-13(16)5-6-14(10)18-15(19)12-4-2-3-11(8-12)9-17/h2-8H,1H3,(H,18,19). The van der Waals surface area contributed by atoms with Crippen molar-refractivity contribution in [3.05, 3.63) is 63.6 Å². The van der Waals surface area contributed by atoms with Gasteiger partial charge in [0.1, 0.15) is 0 Å². The molecule has 2 rings (SSSR count). The van der Waals surface area contributed by atoms with Crippen molar-refractivity contribution >= 4 is 27.5 Å². The highest BCUT2D eigenvalue weighted by Crippen LogP contribution is 2.20. The van der Waals surface area contributed by atoms with E-state index in [0.717, 1.165) is 15.7 Å². The Morgan fingerprint density at radius 1 is 1.26 bits per heavy atom. The summed E-state index contributed by atoms with van der Waals surface area (Å²) in [5.74, 6) is -0.220. The second kappa shape index (κ2) is 5.68. The Hall–Kier alpha value is -2.12. The highest BCUT2D eigenvalue weighted by atomic mass is 79.9. The van der Waals surface area contributed by atoms with E-state index in [1.807, 2.05) is 31.2 Å². The van der Waals surface area contributed by atoms with E-state index in [0.29, 0.717) is 11.1 Å². The SMILES string of the molecule is Cc1cc(Br)ccc1NC(=O)c1cccc(C#N)c1. The molecule has 0 fully saturated rings. The summed E-state index contributed by atoms with van der Waals surface area (Å²) < 4.78 is 0.967. The lowest BCUT2D eigenvalue weighted by atomic mass is 10.1. The van der Waals surface area contributed by atoms with Gasteiger partial charge in [-0.1, -0.05) is 22.0 Å². The van der Waals surface area contributed by atoms with Crippen molar-refractivity contribution in [2.24, 2.45) is 0 Å². The number of amides is 1. The second-order valence-electron chi connectivity index (χ2n) is 4.11. The van der Waals surface area contributed by atoms with E-state index in [9.17, 15) is 4.79 Å². The minimum atomic E-state index is -0.220. The van der Waals surface area contributed by atoms with Crippen LogP contribution in [0.5, 0.6) is 0 Å². The Labute approximate surface area is 120 Å². The first-order valence-electron chi connectivity index (χ1n) is 5.68. The molecule has 0 bridgehead atoms. The zero-order chi connectivity index (χ0) is 13.8. The number of halogens is 1. The number of aryl methyl sites for hydroxylation is 1. The lowest BCUT2D eigenvalue weighted by molar-refractivity contribution is 0.102. The monoisotopic (exact) mass is 314 g/mol. The normalized spacial score (nSPS) is 9.74. The lowest BCUT2D eigenvalue weighted by Crippen LogP contribution is -2.12. The van der Waals surface area contributed by atoms with Gasteiger partial charge in [-0.15, -0.1) is 0 Å². The number of carbonyl (C=O) groups is 1. The fraction of sp³-hybridized carbons (Fsp3) is 0.0667. The van der Waals surface area contributed by atoms with Gasteiger partial charge in [-0.05, 0) is 48.9 Å². The summed E-state index contributed by atoms with van der Waals surface area (Å²) in [5.41, 5.74) is 2.68. The van der Waals surface area contributed by atoms with Crippen LogP contribution in [0.3, 0.4) is 0 Å². The van der Waals surface area contributed by atoms with Gasteiger partial charge in [0, 0.05) is 15.7 Å². The molecule has 0 atom stereocenters. The van der Waals surface area contributed by atoms with Crippen LogP contribution in [0.15, 0.2) is 46.9 Å². The van der Waals surface area contributed by atoms with Gasteiger partial charge in [-0.3, -0.25) is 4.79 Å². The molecule has 1 amide bonds. The zero-order valence-electron chi connectivity index (χ0n) is 10.3. The average molecular weight is 315 g/mol. The van der Waals surface area contributed by atoms with Crippen molar-refractivity contribution in [2.75, 3.05) is 5.32 Å². The summed E-state index contributed by atoms with van der Waals surface area (Å²) in [6.45, 7) is 1.92. The van der Waals surface area contributed by atoms with E-state index < -0.39 is 0 Å². The molecule has 0 aliphatic heterocycles. The van der Waals surface area contributed by atoms with Crippen molar-refractivity contribution in [1.82, 2.24) is 0 Å². The molecule has 4 heteroatoms. The number of nitrogens with one attached hydrogen (secondary N) is 1. The Balaban J connectivity index is 2.23. The van der Waals surface area contributed by atoms with Crippen molar-refractivity contribution in [3.8, 4) is 6.07 Å². The van der Waals surface area contributed by atoms with Crippen LogP contribution in [0.2, 0.25) is 0 Å². The van der Waals surface area contributed by atoms with Crippen molar-refractivity contribution in [3.63, 3.8) is 0 Å². The molecule has 3 nitrogen and oxygen atoms in total. The van der Waals surface area contributed by atoms with Crippen LogP contribution in [-0.2, 0) is 0 Å². The summed E-state index contributed by atoms with van der Waals surface area (Å²) in [7, 11) is 0. The molecular formula is C15H11BrN2O. The highest BCUT2D eigenvalue weighted by Gasteiger charge is 2.08. The number of anilines is 1. The molecule has 2 aromatic rings. The van der Waals surface area contributed by atoms with Gasteiger partial charge in [0.25, 0.3) is 5.91 Å². The molecular weight excluding hydrogens is 304 g/mol. The Bertz CT molecular complexity index is 674. The molecule has 0 aliphatic carbocycles. The molecule has 0 radical (unpaired) electrons. The molecule has 0 spiro atoms. The Morgan fingerprint density at radius 2 is 2.05 bits per heavy atom. The third-order valence-corrected chi connectivity index (χ3v) is 3.18. The van der Waals surface area contributed by atoms with Crippen LogP contribution in [-0.4, -0.2) is 5.91 Å². The van der Waals surface area contributed by atoms with E-state index >= 15 is 0 Å². The third-order valence-electron chi connectivity index (χ3n) is 2.69.